The summed E-state index contributed by atoms with van der Waals surface area (Å²) in [5.41, 5.74) is 0. The van der Waals surface area contributed by atoms with E-state index in [1.165, 1.54) is 0 Å². The molecule has 0 bridgehead atoms. The molecule has 1 rings (SSSR count). The fraction of sp³-hybridized carbons (Fsp3) is 0.833. The molecule has 0 aromatic carbocycles. The van der Waals surface area contributed by atoms with Crippen molar-refractivity contribution in [1.29, 1.82) is 0 Å². The van der Waals surface area contributed by atoms with Gasteiger partial charge in [0.2, 0.25) is 0 Å². The summed E-state index contributed by atoms with van der Waals surface area (Å²) in [5, 5.41) is 17.8. The van der Waals surface area contributed by atoms with Gasteiger partial charge in [-0.15, -0.1) is 0 Å². The van der Waals surface area contributed by atoms with Gasteiger partial charge in [-0.05, 0) is 12.2 Å². The summed E-state index contributed by atoms with van der Waals surface area (Å²) >= 11 is 0. The highest BCUT2D eigenvalue weighted by molar-refractivity contribution is 6.25. The van der Waals surface area contributed by atoms with Crippen LogP contribution in [0.1, 0.15) is 6.42 Å². The van der Waals surface area contributed by atoms with Crippen LogP contribution in [-0.2, 0) is 4.79 Å². The lowest BCUT2D eigenvalue weighted by molar-refractivity contribution is -0.123. The van der Waals surface area contributed by atoms with Gasteiger partial charge in [0.25, 0.3) is 0 Å². The molecule has 3 atom stereocenters. The number of ketones is 1. The third kappa shape index (κ3) is 1.09. The molecule has 1 aliphatic rings. The van der Waals surface area contributed by atoms with E-state index < -0.39 is 12.0 Å². The second-order valence-corrected chi connectivity index (χ2v) is 2.90. The summed E-state index contributed by atoms with van der Waals surface area (Å²) < 4.78 is 0. The molecule has 0 radical (unpaired) electrons. The highest BCUT2D eigenvalue weighted by Gasteiger charge is 2.37. The highest BCUT2D eigenvalue weighted by atomic mass is 16.3. The molecule has 2 N–H and O–H groups in total. The Morgan fingerprint density at radius 3 is 2.50 bits per heavy atom. The van der Waals surface area contributed by atoms with E-state index >= 15 is 0 Å². The first-order valence-electron chi connectivity index (χ1n) is 3.49. The largest absolute Gasteiger partial charge is 0.396 e. The van der Waals surface area contributed by atoms with E-state index in [1.54, 1.807) is 7.85 Å². The van der Waals surface area contributed by atoms with Crippen LogP contribution >= 0.6 is 0 Å². The van der Waals surface area contributed by atoms with E-state index in [0.29, 0.717) is 6.42 Å². The average Bonchev–Trinajstić information content (AvgIpc) is 2.09. The Morgan fingerprint density at radius 1 is 1.70 bits per heavy atom. The molecular weight excluding hydrogens is 131 g/mol. The smallest absolute Gasteiger partial charge is 0.136 e. The Hall–Kier alpha value is -0.345. The van der Waals surface area contributed by atoms with Crippen molar-refractivity contribution in [3.8, 4) is 0 Å². The second kappa shape index (κ2) is 2.72. The molecule has 10 heavy (non-hydrogen) atoms. The van der Waals surface area contributed by atoms with Crippen molar-refractivity contribution in [2.45, 2.75) is 18.3 Å². The number of aliphatic hydroxyl groups is 2. The first-order chi connectivity index (χ1) is 4.66. The Labute approximate surface area is 60.5 Å². The zero-order valence-corrected chi connectivity index (χ0v) is 5.95. The van der Waals surface area contributed by atoms with Crippen LogP contribution < -0.4 is 0 Å². The van der Waals surface area contributed by atoms with Gasteiger partial charge in [-0.3, -0.25) is 4.79 Å². The maximum Gasteiger partial charge on any atom is 0.136 e. The average molecular weight is 142 g/mol. The van der Waals surface area contributed by atoms with Gasteiger partial charge in [0.1, 0.15) is 13.6 Å². The van der Waals surface area contributed by atoms with Gasteiger partial charge in [-0.25, -0.2) is 0 Å². The molecule has 1 fully saturated rings. The molecule has 0 spiro atoms. The Balaban J connectivity index is 2.64. The van der Waals surface area contributed by atoms with E-state index in [0.717, 1.165) is 0 Å². The predicted octanol–water partition coefficient (Wildman–Crippen LogP) is -1.65. The van der Waals surface area contributed by atoms with Gasteiger partial charge >= 0.3 is 0 Å². The molecular formula is C6H11BO3. The van der Waals surface area contributed by atoms with Crippen LogP contribution in [0.2, 0.25) is 5.82 Å². The maximum absolute atomic E-state index is 11.0. The highest BCUT2D eigenvalue weighted by Crippen LogP contribution is 2.29. The molecule has 0 aromatic rings. The van der Waals surface area contributed by atoms with Crippen molar-refractivity contribution >= 4 is 13.6 Å². The molecule has 1 saturated carbocycles. The molecule has 0 amide bonds. The number of carbonyl (C=O) groups is 1. The molecule has 0 heterocycles. The molecule has 56 valence electrons. The minimum absolute atomic E-state index is 0.00463. The van der Waals surface area contributed by atoms with Gasteiger partial charge < -0.3 is 10.2 Å². The maximum atomic E-state index is 11.0. The lowest BCUT2D eigenvalue weighted by Gasteiger charge is -2.07. The van der Waals surface area contributed by atoms with Crippen molar-refractivity contribution in [2.24, 2.45) is 5.92 Å². The monoisotopic (exact) mass is 142 g/mol. The fourth-order valence-corrected chi connectivity index (χ4v) is 1.41. The quantitative estimate of drug-likeness (QED) is 0.431. The number of aliphatic hydroxyl groups excluding tert-OH is 2. The molecule has 3 nitrogen and oxygen atoms in total. The van der Waals surface area contributed by atoms with Crippen LogP contribution in [0.5, 0.6) is 0 Å². The Bertz CT molecular complexity index is 148. The van der Waals surface area contributed by atoms with E-state index in [1.807, 2.05) is 0 Å². The molecule has 0 aliphatic heterocycles. The Morgan fingerprint density at radius 2 is 2.30 bits per heavy atom. The van der Waals surface area contributed by atoms with Crippen LogP contribution in [0.3, 0.4) is 0 Å². The summed E-state index contributed by atoms with van der Waals surface area (Å²) in [4.78, 5) is 11.0. The third-order valence-electron chi connectivity index (χ3n) is 2.11. The SMILES string of the molecule is B[C@H]1C[C@H](O)[C@@H](CO)C1=O. The van der Waals surface area contributed by atoms with Crippen LogP contribution in [0.4, 0.5) is 0 Å². The van der Waals surface area contributed by atoms with E-state index in [9.17, 15) is 4.79 Å². The summed E-state index contributed by atoms with van der Waals surface area (Å²) in [6, 6.07) is 0. The van der Waals surface area contributed by atoms with Gasteiger partial charge in [0.15, 0.2) is 0 Å². The van der Waals surface area contributed by atoms with Crippen LogP contribution in [0, 0.1) is 5.92 Å². The molecule has 1 aliphatic carbocycles. The minimum Gasteiger partial charge on any atom is -0.396 e. The third-order valence-corrected chi connectivity index (χ3v) is 2.11. The van der Waals surface area contributed by atoms with Crippen LogP contribution in [0.25, 0.3) is 0 Å². The van der Waals surface area contributed by atoms with Crippen molar-refractivity contribution in [1.82, 2.24) is 0 Å². The zero-order valence-electron chi connectivity index (χ0n) is 5.95. The number of hydrogen-bond donors (Lipinski definition) is 2. The second-order valence-electron chi connectivity index (χ2n) is 2.90. The number of Topliss-reactive ketones (excluding diaryl/α,β-unsaturated/α-hetero) is 1. The first-order valence-corrected chi connectivity index (χ1v) is 3.49. The van der Waals surface area contributed by atoms with Crippen molar-refractivity contribution in [2.75, 3.05) is 6.61 Å². The van der Waals surface area contributed by atoms with Crippen molar-refractivity contribution in [3.05, 3.63) is 0 Å². The molecule has 0 saturated heterocycles. The van der Waals surface area contributed by atoms with Gasteiger partial charge in [-0.2, -0.15) is 0 Å². The number of carbonyl (C=O) groups excluding carboxylic acids is 1. The number of hydrogen-bond acceptors (Lipinski definition) is 3. The van der Waals surface area contributed by atoms with E-state index in [2.05, 4.69) is 0 Å². The van der Waals surface area contributed by atoms with Gasteiger partial charge in [0.05, 0.1) is 18.6 Å². The van der Waals surface area contributed by atoms with Crippen molar-refractivity contribution in [3.63, 3.8) is 0 Å². The lowest BCUT2D eigenvalue weighted by atomic mass is 9.84. The van der Waals surface area contributed by atoms with E-state index in [-0.39, 0.29) is 18.2 Å². The predicted molar refractivity (Wildman–Crippen MR) is 38.5 cm³/mol. The topological polar surface area (TPSA) is 57.5 Å². The first kappa shape index (κ1) is 7.76. The molecule has 4 heteroatoms. The van der Waals surface area contributed by atoms with E-state index in [4.69, 9.17) is 10.2 Å². The summed E-state index contributed by atoms with van der Waals surface area (Å²) in [6.07, 6.45) is -0.114. The fourth-order valence-electron chi connectivity index (χ4n) is 1.41. The minimum atomic E-state index is -0.618. The summed E-state index contributed by atoms with van der Waals surface area (Å²) in [7, 11) is 1.78. The number of rotatable bonds is 1. The van der Waals surface area contributed by atoms with Crippen molar-refractivity contribution < 1.29 is 15.0 Å². The van der Waals surface area contributed by atoms with Crippen LogP contribution in [0.15, 0.2) is 0 Å². The Kier molecular flexibility index (Phi) is 2.11. The van der Waals surface area contributed by atoms with Gasteiger partial charge in [-0.1, -0.05) is 0 Å². The zero-order chi connectivity index (χ0) is 7.72. The molecule has 0 aromatic heterocycles. The molecule has 0 unspecified atom stereocenters. The van der Waals surface area contributed by atoms with Crippen LogP contribution in [-0.4, -0.2) is 36.6 Å². The normalized spacial score (nSPS) is 40.6. The lowest BCUT2D eigenvalue weighted by Crippen LogP contribution is -2.23. The van der Waals surface area contributed by atoms with Gasteiger partial charge in [0, 0.05) is 0 Å². The summed E-state index contributed by atoms with van der Waals surface area (Å²) in [5.74, 6) is -0.600. The summed E-state index contributed by atoms with van der Waals surface area (Å²) in [6.45, 7) is -0.218. The standard InChI is InChI=1S/C6H11BO3/c7-4-1-5(9)3(2-8)6(4)10/h3-5,8-9H,1-2,7H2/t3-,4+,5+/m1/s1.